The van der Waals surface area contributed by atoms with Gasteiger partial charge in [-0.25, -0.2) is 4.39 Å². The highest BCUT2D eigenvalue weighted by molar-refractivity contribution is 6.34. The van der Waals surface area contributed by atoms with E-state index < -0.39 is 0 Å². The van der Waals surface area contributed by atoms with Crippen LogP contribution in [-0.4, -0.2) is 23.1 Å². The second-order valence-electron chi connectivity index (χ2n) is 7.78. The smallest absolute Gasteiger partial charge is 0.124 e. The van der Waals surface area contributed by atoms with Crippen LogP contribution in [0.5, 0.6) is 0 Å². The van der Waals surface area contributed by atoms with E-state index in [1.807, 2.05) is 30.3 Å². The van der Waals surface area contributed by atoms with Crippen LogP contribution in [0.15, 0.2) is 60.8 Å². The van der Waals surface area contributed by atoms with E-state index in [1.165, 1.54) is 12.1 Å². The van der Waals surface area contributed by atoms with E-state index in [0.29, 0.717) is 16.0 Å². The molecule has 0 radical (unpaired) electrons. The third-order valence-corrected chi connectivity index (χ3v) is 6.50. The zero-order valence-electron chi connectivity index (χ0n) is 16.7. The third-order valence-electron chi connectivity index (χ3n) is 5.86. The van der Waals surface area contributed by atoms with Crippen molar-refractivity contribution in [1.82, 2.24) is 15.3 Å². The van der Waals surface area contributed by atoms with Gasteiger partial charge in [0.15, 0.2) is 0 Å². The number of fused-ring (bicyclic) bond motifs is 1. The van der Waals surface area contributed by atoms with Gasteiger partial charge in [-0.1, -0.05) is 41.4 Å². The molecular weight excluding hydrogens is 432 g/mol. The number of pyridine rings is 2. The Morgan fingerprint density at radius 2 is 1.68 bits per heavy atom. The Balaban J connectivity index is 1.81. The van der Waals surface area contributed by atoms with Gasteiger partial charge >= 0.3 is 0 Å². The lowest BCUT2D eigenvalue weighted by Gasteiger charge is -2.24. The molecule has 0 amide bonds. The van der Waals surface area contributed by atoms with Gasteiger partial charge in [0.25, 0.3) is 0 Å². The molecule has 1 aliphatic heterocycles. The van der Waals surface area contributed by atoms with Gasteiger partial charge in [-0.3, -0.25) is 9.97 Å². The highest BCUT2D eigenvalue weighted by atomic mass is 35.5. The molecule has 156 valence electrons. The van der Waals surface area contributed by atoms with Crippen molar-refractivity contribution in [2.45, 2.75) is 18.8 Å². The van der Waals surface area contributed by atoms with Crippen LogP contribution in [-0.2, 0) is 0 Å². The summed E-state index contributed by atoms with van der Waals surface area (Å²) in [5, 5.41) is 5.32. The Labute approximate surface area is 190 Å². The predicted molar refractivity (Wildman–Crippen MR) is 125 cm³/mol. The number of piperidine rings is 1. The van der Waals surface area contributed by atoms with E-state index in [4.69, 9.17) is 28.2 Å². The Morgan fingerprint density at radius 1 is 0.871 bits per heavy atom. The van der Waals surface area contributed by atoms with Crippen LogP contribution < -0.4 is 5.32 Å². The molecule has 0 saturated carbocycles. The molecule has 3 heterocycles. The first-order valence-corrected chi connectivity index (χ1v) is 11.1. The van der Waals surface area contributed by atoms with Gasteiger partial charge in [0, 0.05) is 34.3 Å². The van der Waals surface area contributed by atoms with E-state index in [-0.39, 0.29) is 5.82 Å². The Hall–Kier alpha value is -2.53. The average Bonchev–Trinajstić information content (AvgIpc) is 2.79. The summed E-state index contributed by atoms with van der Waals surface area (Å²) in [6.07, 6.45) is 3.78. The molecule has 0 atom stereocenters. The van der Waals surface area contributed by atoms with Crippen molar-refractivity contribution in [3.8, 4) is 22.4 Å². The fourth-order valence-corrected chi connectivity index (χ4v) is 4.77. The molecule has 4 aromatic rings. The van der Waals surface area contributed by atoms with E-state index in [9.17, 15) is 4.39 Å². The number of aromatic nitrogens is 2. The van der Waals surface area contributed by atoms with Crippen LogP contribution in [0.3, 0.4) is 0 Å². The molecule has 0 spiro atoms. The normalized spacial score (nSPS) is 14.8. The minimum Gasteiger partial charge on any atom is -0.317 e. The lowest BCUT2D eigenvalue weighted by molar-refractivity contribution is 0.454. The molecule has 2 aromatic heterocycles. The zero-order valence-corrected chi connectivity index (χ0v) is 18.2. The molecule has 3 nitrogen and oxygen atoms in total. The number of hydrogen-bond donors (Lipinski definition) is 1. The first-order chi connectivity index (χ1) is 15.1. The Morgan fingerprint density at radius 3 is 2.45 bits per heavy atom. The monoisotopic (exact) mass is 451 g/mol. The van der Waals surface area contributed by atoms with E-state index in [2.05, 4.69) is 16.4 Å². The minimum atomic E-state index is -0.357. The molecule has 1 saturated heterocycles. The van der Waals surface area contributed by atoms with Gasteiger partial charge in [0.2, 0.25) is 0 Å². The van der Waals surface area contributed by atoms with E-state index >= 15 is 0 Å². The number of hydrogen-bond acceptors (Lipinski definition) is 3. The Bertz CT molecular complexity index is 1270. The van der Waals surface area contributed by atoms with Crippen LogP contribution in [0, 0.1) is 5.82 Å². The number of halogens is 3. The molecule has 0 unspecified atom stereocenters. The second kappa shape index (κ2) is 8.54. The second-order valence-corrected chi connectivity index (χ2v) is 8.59. The lowest BCUT2D eigenvalue weighted by Crippen LogP contribution is -2.27. The number of nitrogens with one attached hydrogen (secondary N) is 1. The number of benzene rings is 2. The van der Waals surface area contributed by atoms with Crippen LogP contribution in [0.4, 0.5) is 4.39 Å². The van der Waals surface area contributed by atoms with Crippen LogP contribution in [0.2, 0.25) is 10.0 Å². The maximum absolute atomic E-state index is 13.7. The Kier molecular flexibility index (Phi) is 5.61. The van der Waals surface area contributed by atoms with Crippen molar-refractivity contribution in [2.24, 2.45) is 0 Å². The minimum absolute atomic E-state index is 0.336. The number of nitrogens with zero attached hydrogens (tertiary/aromatic N) is 2. The summed E-state index contributed by atoms with van der Waals surface area (Å²) < 4.78 is 13.7. The summed E-state index contributed by atoms with van der Waals surface area (Å²) in [5.74, 6) is -0.0213. The largest absolute Gasteiger partial charge is 0.317 e. The fourth-order valence-electron chi connectivity index (χ4n) is 4.28. The van der Waals surface area contributed by atoms with E-state index in [1.54, 1.807) is 12.3 Å². The van der Waals surface area contributed by atoms with Crippen molar-refractivity contribution in [3.05, 3.63) is 82.4 Å². The van der Waals surface area contributed by atoms with Gasteiger partial charge in [-0.2, -0.15) is 0 Å². The SMILES string of the molecule is Fc1ccc(-c2cc(C3CCNCC3)nc3c(-c4ccccc4Cl)nccc23)c(Cl)c1. The zero-order chi connectivity index (χ0) is 21.4. The molecule has 1 N–H and O–H groups in total. The van der Waals surface area contributed by atoms with Crippen LogP contribution in [0.1, 0.15) is 24.5 Å². The van der Waals surface area contributed by atoms with Crippen LogP contribution >= 0.6 is 23.2 Å². The van der Waals surface area contributed by atoms with Crippen molar-refractivity contribution < 1.29 is 4.39 Å². The first kappa shape index (κ1) is 20.4. The molecule has 0 aliphatic carbocycles. The first-order valence-electron chi connectivity index (χ1n) is 10.3. The van der Waals surface area contributed by atoms with Crippen molar-refractivity contribution in [2.75, 3.05) is 13.1 Å². The quantitative estimate of drug-likeness (QED) is 0.368. The highest BCUT2D eigenvalue weighted by Crippen LogP contribution is 2.39. The number of rotatable bonds is 3. The lowest BCUT2D eigenvalue weighted by atomic mass is 9.90. The fraction of sp³-hybridized carbons (Fsp3) is 0.200. The maximum Gasteiger partial charge on any atom is 0.124 e. The highest BCUT2D eigenvalue weighted by Gasteiger charge is 2.22. The molecular formula is C25H20Cl2FN3. The van der Waals surface area contributed by atoms with Gasteiger partial charge < -0.3 is 5.32 Å². The summed E-state index contributed by atoms with van der Waals surface area (Å²) in [6.45, 7) is 1.92. The van der Waals surface area contributed by atoms with E-state index in [0.717, 1.165) is 64.9 Å². The van der Waals surface area contributed by atoms with Gasteiger partial charge in [0.05, 0.1) is 21.3 Å². The van der Waals surface area contributed by atoms with Crippen molar-refractivity contribution >= 4 is 34.1 Å². The molecule has 1 aliphatic rings. The molecule has 2 aromatic carbocycles. The van der Waals surface area contributed by atoms with Gasteiger partial charge in [-0.15, -0.1) is 0 Å². The standard InChI is InChI=1S/C25H20Cl2FN3/c26-21-4-2-1-3-19(21)24-25-18(9-12-30-24)20(17-6-5-16(28)13-22(17)27)14-23(31-25)15-7-10-29-11-8-15/h1-6,9,12-15,29H,7-8,10-11H2. The third kappa shape index (κ3) is 3.91. The topological polar surface area (TPSA) is 37.8 Å². The summed E-state index contributed by atoms with van der Waals surface area (Å²) in [7, 11) is 0. The molecule has 6 heteroatoms. The summed E-state index contributed by atoms with van der Waals surface area (Å²) in [5.41, 5.74) is 5.06. The summed E-state index contributed by atoms with van der Waals surface area (Å²) in [6, 6.07) is 16.2. The summed E-state index contributed by atoms with van der Waals surface area (Å²) in [4.78, 5) is 9.73. The van der Waals surface area contributed by atoms with Gasteiger partial charge in [-0.05, 0) is 67.9 Å². The van der Waals surface area contributed by atoms with Crippen molar-refractivity contribution in [1.29, 1.82) is 0 Å². The molecule has 5 rings (SSSR count). The maximum atomic E-state index is 13.7. The van der Waals surface area contributed by atoms with Gasteiger partial charge in [0.1, 0.15) is 5.82 Å². The molecule has 0 bridgehead atoms. The molecule has 1 fully saturated rings. The summed E-state index contributed by atoms with van der Waals surface area (Å²) >= 11 is 13.0. The van der Waals surface area contributed by atoms with Crippen LogP contribution in [0.25, 0.3) is 33.3 Å². The van der Waals surface area contributed by atoms with Crippen molar-refractivity contribution in [3.63, 3.8) is 0 Å². The molecule has 31 heavy (non-hydrogen) atoms. The average molecular weight is 452 g/mol. The predicted octanol–water partition coefficient (Wildman–Crippen LogP) is 6.88.